The number of aryl methyl sites for hydroxylation is 2. The first-order valence-electron chi connectivity index (χ1n) is 12.3. The minimum absolute atomic E-state index is 0.110. The molecule has 1 saturated heterocycles. The molecular formula is C30H32O6. The van der Waals surface area contributed by atoms with E-state index in [-0.39, 0.29) is 11.5 Å². The summed E-state index contributed by atoms with van der Waals surface area (Å²) in [7, 11) is 0. The number of carboxylic acid groups (broad SMARTS) is 1. The lowest BCUT2D eigenvalue weighted by molar-refractivity contribution is -0.139. The van der Waals surface area contributed by atoms with Crippen LogP contribution >= 0.6 is 0 Å². The Morgan fingerprint density at radius 1 is 0.972 bits per heavy atom. The summed E-state index contributed by atoms with van der Waals surface area (Å²) < 4.78 is 23.2. The molecule has 1 unspecified atom stereocenters. The Kier molecular flexibility index (Phi) is 6.63. The molecule has 1 N–H and O–H groups in total. The number of carboxylic acids is 1. The summed E-state index contributed by atoms with van der Waals surface area (Å²) in [6.45, 7) is 8.99. The van der Waals surface area contributed by atoms with Crippen molar-refractivity contribution in [2.45, 2.75) is 39.9 Å². The summed E-state index contributed by atoms with van der Waals surface area (Å²) in [6.07, 6.45) is 0.293. The average molecular weight is 489 g/mol. The fourth-order valence-corrected chi connectivity index (χ4v) is 4.61. The topological polar surface area (TPSA) is 74.2 Å². The van der Waals surface area contributed by atoms with Crippen LogP contribution in [0.15, 0.2) is 60.7 Å². The van der Waals surface area contributed by atoms with E-state index in [0.29, 0.717) is 31.1 Å². The lowest BCUT2D eigenvalue weighted by Crippen LogP contribution is -2.44. The summed E-state index contributed by atoms with van der Waals surface area (Å²) >= 11 is 0. The third-order valence-corrected chi connectivity index (χ3v) is 6.76. The molecule has 0 spiro atoms. The Morgan fingerprint density at radius 2 is 1.69 bits per heavy atom. The minimum atomic E-state index is -0.807. The normalized spacial score (nSPS) is 19.8. The van der Waals surface area contributed by atoms with E-state index >= 15 is 0 Å². The molecule has 2 aliphatic rings. The predicted molar refractivity (Wildman–Crippen MR) is 137 cm³/mol. The van der Waals surface area contributed by atoms with Gasteiger partial charge in [0.1, 0.15) is 30.0 Å². The molecule has 1 saturated carbocycles. The van der Waals surface area contributed by atoms with Gasteiger partial charge in [-0.05, 0) is 72.0 Å². The molecule has 1 aliphatic carbocycles. The van der Waals surface area contributed by atoms with Crippen molar-refractivity contribution in [3.8, 4) is 28.4 Å². The number of aliphatic carboxylic acids is 1. The molecule has 6 nitrogen and oxygen atoms in total. The van der Waals surface area contributed by atoms with E-state index in [0.717, 1.165) is 30.1 Å². The van der Waals surface area contributed by atoms with Gasteiger partial charge in [0, 0.05) is 17.9 Å². The van der Waals surface area contributed by atoms with Crippen LogP contribution in [0.5, 0.6) is 17.2 Å². The quantitative estimate of drug-likeness (QED) is 0.388. The van der Waals surface area contributed by atoms with Gasteiger partial charge in [0.2, 0.25) is 0 Å². The van der Waals surface area contributed by atoms with Crippen molar-refractivity contribution in [1.29, 1.82) is 0 Å². The first-order valence-corrected chi connectivity index (χ1v) is 12.3. The van der Waals surface area contributed by atoms with Crippen molar-refractivity contribution < 1.29 is 28.8 Å². The monoisotopic (exact) mass is 488 g/mol. The molecule has 3 aromatic rings. The van der Waals surface area contributed by atoms with Crippen molar-refractivity contribution in [2.24, 2.45) is 11.3 Å². The van der Waals surface area contributed by atoms with Gasteiger partial charge in [0.25, 0.3) is 0 Å². The Morgan fingerprint density at radius 3 is 2.36 bits per heavy atom. The Hall–Kier alpha value is -3.51. The molecule has 0 aromatic heterocycles. The zero-order valence-corrected chi connectivity index (χ0v) is 21.0. The van der Waals surface area contributed by atoms with Gasteiger partial charge in [0.05, 0.1) is 25.7 Å². The smallest absolute Gasteiger partial charge is 0.310 e. The highest BCUT2D eigenvalue weighted by atomic mass is 16.5. The average Bonchev–Trinajstić information content (AvgIpc) is 3.60. The molecule has 1 aliphatic heterocycles. The van der Waals surface area contributed by atoms with Crippen LogP contribution in [0.3, 0.4) is 0 Å². The lowest BCUT2D eigenvalue weighted by atomic mass is 9.90. The third kappa shape index (κ3) is 5.49. The van der Waals surface area contributed by atoms with Crippen LogP contribution in [0.1, 0.15) is 30.0 Å². The molecular weight excluding hydrogens is 456 g/mol. The highest BCUT2D eigenvalue weighted by molar-refractivity contribution is 5.74. The van der Waals surface area contributed by atoms with Crippen LogP contribution < -0.4 is 14.2 Å². The molecule has 188 valence electrons. The maximum absolute atomic E-state index is 11.0. The molecule has 0 amide bonds. The SMILES string of the molecule is Cc1cc(OCC2(C)COC2)cc(C)c1-c1cccc(COc2cccc(O[C@@H]3CC3C(=O)O)c2)c1. The second-order valence-electron chi connectivity index (χ2n) is 10.3. The van der Waals surface area contributed by atoms with Crippen LogP contribution in [-0.2, 0) is 16.1 Å². The standard InChI is InChI=1S/C30H32O6/c1-19-10-25(35-18-30(3)16-33-17-30)11-20(2)28(19)22-7-4-6-21(12-22)15-34-23-8-5-9-24(13-23)36-27-14-26(27)29(31)32/h4-13,26-27H,14-18H2,1-3H3,(H,31,32)/t26?,27-/m1/s1. The van der Waals surface area contributed by atoms with E-state index in [1.807, 2.05) is 30.3 Å². The van der Waals surface area contributed by atoms with Gasteiger partial charge in [0.15, 0.2) is 0 Å². The molecule has 5 rings (SSSR count). The summed E-state index contributed by atoms with van der Waals surface area (Å²) in [6, 6.07) is 20.0. The first-order chi connectivity index (χ1) is 17.3. The van der Waals surface area contributed by atoms with Gasteiger partial charge in [-0.3, -0.25) is 4.79 Å². The van der Waals surface area contributed by atoms with Crippen LogP contribution in [0.4, 0.5) is 0 Å². The Balaban J connectivity index is 1.24. The number of rotatable bonds is 10. The number of carbonyl (C=O) groups is 1. The van der Waals surface area contributed by atoms with Gasteiger partial charge in [-0.2, -0.15) is 0 Å². The van der Waals surface area contributed by atoms with E-state index in [2.05, 4.69) is 51.1 Å². The second-order valence-corrected chi connectivity index (χ2v) is 10.3. The van der Waals surface area contributed by atoms with Crippen molar-refractivity contribution in [2.75, 3.05) is 19.8 Å². The van der Waals surface area contributed by atoms with Gasteiger partial charge >= 0.3 is 5.97 Å². The maximum atomic E-state index is 11.0. The molecule has 1 heterocycles. The third-order valence-electron chi connectivity index (χ3n) is 6.76. The van der Waals surface area contributed by atoms with Crippen molar-refractivity contribution in [1.82, 2.24) is 0 Å². The highest BCUT2D eigenvalue weighted by Gasteiger charge is 2.45. The largest absolute Gasteiger partial charge is 0.493 e. The molecule has 0 bridgehead atoms. The Labute approximate surface area is 211 Å². The number of ether oxygens (including phenoxy) is 4. The van der Waals surface area contributed by atoms with Gasteiger partial charge in [-0.1, -0.05) is 31.2 Å². The second kappa shape index (κ2) is 9.86. The molecule has 0 radical (unpaired) electrons. The van der Waals surface area contributed by atoms with Crippen LogP contribution in [-0.4, -0.2) is 37.0 Å². The molecule has 2 atom stereocenters. The van der Waals surface area contributed by atoms with Gasteiger partial charge in [-0.25, -0.2) is 0 Å². The first kappa shape index (κ1) is 24.2. The molecule has 2 fully saturated rings. The minimum Gasteiger partial charge on any atom is -0.493 e. The lowest BCUT2D eigenvalue weighted by Gasteiger charge is -2.37. The van der Waals surface area contributed by atoms with Gasteiger partial charge in [-0.15, -0.1) is 0 Å². The zero-order valence-electron chi connectivity index (χ0n) is 21.0. The summed E-state index contributed by atoms with van der Waals surface area (Å²) in [4.78, 5) is 11.0. The molecule has 6 heteroatoms. The van der Waals surface area contributed by atoms with Crippen LogP contribution in [0.2, 0.25) is 0 Å². The predicted octanol–water partition coefficient (Wildman–Crippen LogP) is 5.82. The van der Waals surface area contributed by atoms with E-state index in [9.17, 15) is 4.79 Å². The number of hydrogen-bond acceptors (Lipinski definition) is 5. The number of benzene rings is 3. The fraction of sp³-hybridized carbons (Fsp3) is 0.367. The highest BCUT2D eigenvalue weighted by Crippen LogP contribution is 2.36. The maximum Gasteiger partial charge on any atom is 0.310 e. The zero-order chi connectivity index (χ0) is 25.3. The van der Waals surface area contributed by atoms with Crippen molar-refractivity contribution in [3.05, 3.63) is 77.4 Å². The van der Waals surface area contributed by atoms with Crippen LogP contribution in [0.25, 0.3) is 11.1 Å². The molecule has 3 aromatic carbocycles. The fourth-order valence-electron chi connectivity index (χ4n) is 4.61. The summed E-state index contributed by atoms with van der Waals surface area (Å²) in [5, 5.41) is 9.07. The summed E-state index contributed by atoms with van der Waals surface area (Å²) in [5.41, 5.74) is 5.85. The Bertz CT molecular complexity index is 1240. The molecule has 36 heavy (non-hydrogen) atoms. The van der Waals surface area contributed by atoms with E-state index < -0.39 is 11.9 Å². The van der Waals surface area contributed by atoms with Crippen molar-refractivity contribution in [3.63, 3.8) is 0 Å². The van der Waals surface area contributed by atoms with E-state index in [4.69, 9.17) is 24.1 Å². The van der Waals surface area contributed by atoms with E-state index in [1.54, 1.807) is 0 Å². The van der Waals surface area contributed by atoms with Gasteiger partial charge < -0.3 is 24.1 Å². The number of hydrogen-bond donors (Lipinski definition) is 1. The summed E-state index contributed by atoms with van der Waals surface area (Å²) in [5.74, 6) is 0.986. The van der Waals surface area contributed by atoms with E-state index in [1.165, 1.54) is 16.7 Å². The van der Waals surface area contributed by atoms with Crippen molar-refractivity contribution >= 4 is 5.97 Å². The van der Waals surface area contributed by atoms with Crippen LogP contribution in [0, 0.1) is 25.2 Å².